The molecular weight excluding hydrogens is 678 g/mol. The van der Waals surface area contributed by atoms with E-state index in [4.69, 9.17) is 40.3 Å². The summed E-state index contributed by atoms with van der Waals surface area (Å²) in [5.41, 5.74) is 27.2. The highest BCUT2D eigenvalue weighted by Crippen LogP contribution is 2.12. The van der Waals surface area contributed by atoms with Gasteiger partial charge in [-0.05, 0) is 75.4 Å². The van der Waals surface area contributed by atoms with E-state index in [9.17, 15) is 24.0 Å². The van der Waals surface area contributed by atoms with E-state index in [0.717, 1.165) is 19.3 Å². The van der Waals surface area contributed by atoms with E-state index in [2.05, 4.69) is 38.2 Å². The van der Waals surface area contributed by atoms with Crippen LogP contribution >= 0.6 is 11.6 Å². The molecule has 0 rings (SSSR count). The number of rotatable bonds is 30. The van der Waals surface area contributed by atoms with Crippen molar-refractivity contribution in [3.05, 3.63) is 0 Å². The highest BCUT2D eigenvalue weighted by molar-refractivity contribution is 6.64. The third kappa shape index (κ3) is 24.2. The number of hydrogen-bond donors (Lipinski definition) is 9. The normalized spacial score (nSPS) is 13.3. The number of halogens is 1. The van der Waals surface area contributed by atoms with E-state index >= 15 is 0 Å². The van der Waals surface area contributed by atoms with Crippen LogP contribution in [0.25, 0.3) is 0 Å². The fourth-order valence-electron chi connectivity index (χ4n) is 5.29. The fourth-order valence-corrected chi connectivity index (χ4v) is 5.45. The minimum atomic E-state index is -1.04. The number of nitrogens with one attached hydrogen (secondary N) is 4. The first-order valence-electron chi connectivity index (χ1n) is 18.4. The number of carbonyl (C=O) groups excluding carboxylic acids is 5. The molecule has 4 atom stereocenters. The molecule has 17 heteroatoms. The van der Waals surface area contributed by atoms with Gasteiger partial charge in [-0.1, -0.05) is 65.7 Å². The van der Waals surface area contributed by atoms with Crippen molar-refractivity contribution in [1.29, 1.82) is 0 Å². The Balaban J connectivity index is 5.66. The van der Waals surface area contributed by atoms with Gasteiger partial charge in [-0.3, -0.25) is 34.0 Å². The van der Waals surface area contributed by atoms with Crippen molar-refractivity contribution in [1.82, 2.24) is 21.3 Å². The first-order chi connectivity index (χ1) is 24.2. The van der Waals surface area contributed by atoms with Gasteiger partial charge in [0.15, 0.2) is 11.9 Å². The Morgan fingerprint density at radius 1 is 0.588 bits per heavy atom. The zero-order chi connectivity index (χ0) is 38.6. The number of carbonyl (C=O) groups is 5. The second-order valence-electron chi connectivity index (χ2n) is 13.2. The Labute approximate surface area is 309 Å². The van der Waals surface area contributed by atoms with Crippen LogP contribution in [0.2, 0.25) is 0 Å². The summed E-state index contributed by atoms with van der Waals surface area (Å²) in [5, 5.41) is 10.2. The number of hydrogen-bond acceptors (Lipinski definition) is 8. The monoisotopic (exact) mass is 743 g/mol. The number of amides is 4. The third-order valence-corrected chi connectivity index (χ3v) is 8.48. The molecule has 14 N–H and O–H groups in total. The lowest BCUT2D eigenvalue weighted by molar-refractivity contribution is -0.135. The van der Waals surface area contributed by atoms with E-state index in [-0.39, 0.29) is 62.5 Å². The topological polar surface area (TPSA) is 288 Å². The third-order valence-electron chi connectivity index (χ3n) is 8.22. The average molecular weight is 744 g/mol. The van der Waals surface area contributed by atoms with Gasteiger partial charge in [0.05, 0.1) is 0 Å². The quantitative estimate of drug-likeness (QED) is 0.0219. The van der Waals surface area contributed by atoms with Crippen LogP contribution in [0.5, 0.6) is 0 Å². The van der Waals surface area contributed by atoms with Crippen LogP contribution in [0.15, 0.2) is 9.98 Å². The maximum absolute atomic E-state index is 13.6. The van der Waals surface area contributed by atoms with Crippen LogP contribution in [0, 0.1) is 5.92 Å². The van der Waals surface area contributed by atoms with E-state index in [1.165, 1.54) is 25.7 Å². The van der Waals surface area contributed by atoms with Crippen molar-refractivity contribution in [2.75, 3.05) is 19.6 Å². The van der Waals surface area contributed by atoms with Crippen LogP contribution in [0.4, 0.5) is 0 Å². The summed E-state index contributed by atoms with van der Waals surface area (Å²) in [6.45, 7) is 6.56. The molecule has 0 aromatic rings. The molecule has 4 amide bonds. The molecule has 294 valence electrons. The molecule has 0 aliphatic carbocycles. The number of guanidine groups is 2. The standard InChI is InChI=1S/C34H66ClN11O5/c1-4-5-6-7-8-9-10-11-19-27(47)43-25(18-15-22-42-34(39)40)31(50)46-28(23(2)3)32(51)45-26(16-12-13-20-36)30(49)44-24(29(35)48)17-14-21-41-33(37)38/h23-26,28H,4-22,36H2,1-3H3,(H,43,47)(H,44,49)(H,45,51)(H,46,50)(H4,37,38,41)(H4,39,40,42). The van der Waals surface area contributed by atoms with Crippen molar-refractivity contribution in [2.45, 2.75) is 148 Å². The second kappa shape index (κ2) is 29.0. The van der Waals surface area contributed by atoms with E-state index in [0.29, 0.717) is 38.6 Å². The molecule has 0 bridgehead atoms. The largest absolute Gasteiger partial charge is 0.370 e. The van der Waals surface area contributed by atoms with Gasteiger partial charge < -0.3 is 49.9 Å². The Morgan fingerprint density at radius 2 is 1.06 bits per heavy atom. The van der Waals surface area contributed by atoms with Crippen LogP contribution < -0.4 is 49.9 Å². The maximum Gasteiger partial charge on any atom is 0.243 e. The lowest BCUT2D eigenvalue weighted by Gasteiger charge is -2.28. The SMILES string of the molecule is CCCCCCCCCCC(=O)NC(CCCN=C(N)N)C(=O)NC(C(=O)NC(CCCCN)C(=O)NC(CCCN=C(N)N)C(=O)Cl)C(C)C. The maximum atomic E-state index is 13.6. The Bertz CT molecular complexity index is 1100. The number of nitrogens with two attached hydrogens (primary N) is 5. The molecule has 0 heterocycles. The first kappa shape index (κ1) is 47.3. The fraction of sp³-hybridized carbons (Fsp3) is 0.794. The molecule has 0 aromatic carbocycles. The summed E-state index contributed by atoms with van der Waals surface area (Å²) >= 11 is 5.77. The zero-order valence-corrected chi connectivity index (χ0v) is 31.8. The summed E-state index contributed by atoms with van der Waals surface area (Å²) in [5.74, 6) is -2.57. The first-order valence-corrected chi connectivity index (χ1v) is 18.8. The molecule has 0 aliphatic rings. The van der Waals surface area contributed by atoms with Gasteiger partial charge in [-0.15, -0.1) is 0 Å². The lowest BCUT2D eigenvalue weighted by Crippen LogP contribution is -2.59. The average Bonchev–Trinajstić information content (AvgIpc) is 3.06. The zero-order valence-electron chi connectivity index (χ0n) is 31.0. The second-order valence-corrected chi connectivity index (χ2v) is 13.6. The van der Waals surface area contributed by atoms with Crippen molar-refractivity contribution in [3.63, 3.8) is 0 Å². The molecule has 0 aromatic heterocycles. The van der Waals surface area contributed by atoms with E-state index in [1.807, 2.05) is 0 Å². The lowest BCUT2D eigenvalue weighted by atomic mass is 10.0. The summed E-state index contributed by atoms with van der Waals surface area (Å²) in [7, 11) is 0. The van der Waals surface area contributed by atoms with Crippen molar-refractivity contribution in [2.24, 2.45) is 44.6 Å². The van der Waals surface area contributed by atoms with Crippen LogP contribution in [0.1, 0.15) is 124 Å². The summed E-state index contributed by atoms with van der Waals surface area (Å²) in [6.07, 6.45) is 11.5. The highest BCUT2D eigenvalue weighted by Gasteiger charge is 2.32. The van der Waals surface area contributed by atoms with Gasteiger partial charge >= 0.3 is 0 Å². The predicted octanol–water partition coefficient (Wildman–Crippen LogP) is 1.11. The molecule has 16 nitrogen and oxygen atoms in total. The Hall–Kier alpha value is -3.66. The molecule has 0 aliphatic heterocycles. The van der Waals surface area contributed by atoms with Gasteiger partial charge in [0.2, 0.25) is 28.9 Å². The number of unbranched alkanes of at least 4 members (excludes halogenated alkanes) is 8. The molecule has 51 heavy (non-hydrogen) atoms. The number of aliphatic imine (C=N–C) groups is 2. The molecule has 0 saturated carbocycles. The van der Waals surface area contributed by atoms with E-state index < -0.39 is 47.1 Å². The highest BCUT2D eigenvalue weighted by atomic mass is 35.5. The van der Waals surface area contributed by atoms with Crippen LogP contribution in [-0.2, 0) is 24.0 Å². The Morgan fingerprint density at radius 3 is 1.57 bits per heavy atom. The smallest absolute Gasteiger partial charge is 0.243 e. The molecule has 0 spiro atoms. The molecule has 0 saturated heterocycles. The molecule has 0 fully saturated rings. The minimum absolute atomic E-state index is 0.0796. The van der Waals surface area contributed by atoms with Crippen LogP contribution in [-0.4, -0.2) is 84.6 Å². The van der Waals surface area contributed by atoms with Gasteiger partial charge in [0.25, 0.3) is 0 Å². The van der Waals surface area contributed by atoms with E-state index in [1.54, 1.807) is 13.8 Å². The predicted molar refractivity (Wildman–Crippen MR) is 203 cm³/mol. The summed E-state index contributed by atoms with van der Waals surface area (Å²) in [6, 6.07) is -4.05. The molecule has 4 unspecified atom stereocenters. The van der Waals surface area contributed by atoms with Crippen molar-refractivity contribution >= 4 is 52.4 Å². The van der Waals surface area contributed by atoms with Crippen LogP contribution in [0.3, 0.4) is 0 Å². The van der Waals surface area contributed by atoms with Gasteiger partial charge in [0, 0.05) is 19.5 Å². The van der Waals surface area contributed by atoms with Gasteiger partial charge in [-0.25, -0.2) is 0 Å². The molecular formula is C34H66ClN11O5. The van der Waals surface area contributed by atoms with Crippen molar-refractivity contribution < 1.29 is 24.0 Å². The molecule has 0 radical (unpaired) electrons. The number of nitrogens with zero attached hydrogens (tertiary/aromatic N) is 2. The summed E-state index contributed by atoms with van der Waals surface area (Å²) < 4.78 is 0. The minimum Gasteiger partial charge on any atom is -0.370 e. The summed E-state index contributed by atoms with van der Waals surface area (Å²) in [4.78, 5) is 73.4. The Kier molecular flexibility index (Phi) is 26.9. The van der Waals surface area contributed by atoms with Crippen molar-refractivity contribution in [3.8, 4) is 0 Å². The van der Waals surface area contributed by atoms with Gasteiger partial charge in [-0.2, -0.15) is 0 Å². The van der Waals surface area contributed by atoms with Gasteiger partial charge in [0.1, 0.15) is 24.2 Å².